The molecule has 124 valence electrons. The summed E-state index contributed by atoms with van der Waals surface area (Å²) in [4.78, 5) is 12.7. The van der Waals surface area contributed by atoms with Gasteiger partial charge in [-0.1, -0.05) is 0 Å². The number of fused-ring (bicyclic) bond motifs is 1. The van der Waals surface area contributed by atoms with E-state index >= 15 is 0 Å². The normalized spacial score (nSPS) is 25.4. The van der Waals surface area contributed by atoms with Crippen molar-refractivity contribution in [1.29, 1.82) is 0 Å². The number of rotatable bonds is 2. The van der Waals surface area contributed by atoms with Gasteiger partial charge in [0.15, 0.2) is 23.0 Å². The van der Waals surface area contributed by atoms with Gasteiger partial charge in [-0.05, 0) is 0 Å². The third kappa shape index (κ3) is 1.99. The van der Waals surface area contributed by atoms with E-state index in [0.29, 0.717) is 28.8 Å². The molecule has 1 aliphatic heterocycles. The van der Waals surface area contributed by atoms with Crippen LogP contribution in [0.15, 0.2) is 30.7 Å². The van der Waals surface area contributed by atoms with Gasteiger partial charge in [0.1, 0.15) is 30.3 Å². The van der Waals surface area contributed by atoms with Crippen LogP contribution in [0, 0.1) is 0 Å². The number of anilines is 1. The van der Waals surface area contributed by atoms with Crippen LogP contribution < -0.4 is 5.73 Å². The molecule has 1 fully saturated rings. The predicted molar refractivity (Wildman–Crippen MR) is 80.2 cm³/mol. The molecule has 0 saturated carbocycles. The summed E-state index contributed by atoms with van der Waals surface area (Å²) in [5, 5.41) is 35.6. The van der Waals surface area contributed by atoms with E-state index in [1.54, 1.807) is 12.4 Å². The molecule has 11 heteroatoms. The summed E-state index contributed by atoms with van der Waals surface area (Å²) >= 11 is 0. The average molecular weight is 331 g/mol. The molecular weight excluding hydrogens is 318 g/mol. The van der Waals surface area contributed by atoms with E-state index in [9.17, 15) is 10.2 Å². The van der Waals surface area contributed by atoms with Gasteiger partial charge in [-0.15, -0.1) is 0 Å². The van der Waals surface area contributed by atoms with E-state index < -0.39 is 18.4 Å². The van der Waals surface area contributed by atoms with Crippen LogP contribution in [0.1, 0.15) is 6.23 Å². The highest BCUT2D eigenvalue weighted by Gasteiger charge is 2.42. The van der Waals surface area contributed by atoms with Gasteiger partial charge in [-0.2, -0.15) is 5.10 Å². The molecular formula is C13H13N7O4. The molecule has 0 radical (unpaired) electrons. The summed E-state index contributed by atoms with van der Waals surface area (Å²) in [7, 11) is 0. The van der Waals surface area contributed by atoms with Gasteiger partial charge < -0.3 is 25.8 Å². The first-order valence-electron chi connectivity index (χ1n) is 6.96. The van der Waals surface area contributed by atoms with Crippen LogP contribution in [0.4, 0.5) is 5.82 Å². The number of nitrogens with zero attached hydrogens (tertiary/aromatic N) is 5. The van der Waals surface area contributed by atoms with Crippen molar-refractivity contribution in [1.82, 2.24) is 29.7 Å². The number of nitrogens with one attached hydrogen (secondary N) is 1. The Morgan fingerprint density at radius 1 is 1.33 bits per heavy atom. The van der Waals surface area contributed by atoms with Crippen molar-refractivity contribution < 1.29 is 20.1 Å². The highest BCUT2D eigenvalue weighted by molar-refractivity contribution is 5.83. The minimum atomic E-state index is -1.36. The van der Waals surface area contributed by atoms with E-state index in [1.165, 1.54) is 10.9 Å². The number of H-pyrrole nitrogens is 1. The van der Waals surface area contributed by atoms with Crippen molar-refractivity contribution in [3.63, 3.8) is 0 Å². The number of hydrogen-bond acceptors (Lipinski definition) is 9. The van der Waals surface area contributed by atoms with E-state index in [4.69, 9.17) is 15.6 Å². The fraction of sp³-hybridized carbons (Fsp3) is 0.231. The third-order valence-corrected chi connectivity index (χ3v) is 3.77. The Morgan fingerprint density at radius 2 is 2.17 bits per heavy atom. The van der Waals surface area contributed by atoms with Gasteiger partial charge in [0.2, 0.25) is 6.23 Å². The van der Waals surface area contributed by atoms with Crippen LogP contribution in [-0.4, -0.2) is 57.2 Å². The smallest absolute Gasteiger partial charge is 0.207 e. The van der Waals surface area contributed by atoms with Crippen LogP contribution in [0.25, 0.3) is 22.6 Å². The molecule has 3 atom stereocenters. The molecule has 4 heterocycles. The van der Waals surface area contributed by atoms with Gasteiger partial charge in [0.25, 0.3) is 0 Å². The summed E-state index contributed by atoms with van der Waals surface area (Å²) in [6.07, 6.45) is 1.44. The number of aliphatic hydroxyl groups excluding tert-OH is 3. The molecule has 24 heavy (non-hydrogen) atoms. The molecule has 1 unspecified atom stereocenters. The van der Waals surface area contributed by atoms with Crippen molar-refractivity contribution in [3.8, 4) is 11.4 Å². The molecule has 0 spiro atoms. The summed E-state index contributed by atoms with van der Waals surface area (Å²) in [6, 6.07) is 0. The molecule has 0 amide bonds. The second-order valence-electron chi connectivity index (χ2n) is 5.22. The van der Waals surface area contributed by atoms with Crippen molar-refractivity contribution in [2.45, 2.75) is 18.4 Å². The first-order valence-corrected chi connectivity index (χ1v) is 6.96. The highest BCUT2D eigenvalue weighted by Crippen LogP contribution is 2.34. The lowest BCUT2D eigenvalue weighted by Gasteiger charge is -2.16. The number of aromatic amines is 1. The van der Waals surface area contributed by atoms with Crippen LogP contribution in [0.5, 0.6) is 0 Å². The SMILES string of the molecule is Nc1nc(-c2cn[nH]c2)nc2c1ncn2C1O/C(=C/O)[C@@H](O)[C@H]1O. The van der Waals surface area contributed by atoms with Crippen LogP contribution in [-0.2, 0) is 4.74 Å². The first-order chi connectivity index (χ1) is 11.6. The largest absolute Gasteiger partial charge is 0.512 e. The summed E-state index contributed by atoms with van der Waals surface area (Å²) < 4.78 is 6.79. The Hall–Kier alpha value is -3.18. The summed E-state index contributed by atoms with van der Waals surface area (Å²) in [5.41, 5.74) is 7.20. The average Bonchev–Trinajstić information content (AvgIpc) is 3.28. The summed E-state index contributed by atoms with van der Waals surface area (Å²) in [6.45, 7) is 0. The molecule has 0 aliphatic carbocycles. The van der Waals surface area contributed by atoms with Gasteiger partial charge in [0.05, 0.1) is 11.8 Å². The van der Waals surface area contributed by atoms with Gasteiger partial charge in [-0.3, -0.25) is 9.67 Å². The minimum absolute atomic E-state index is 0.147. The molecule has 3 aromatic rings. The number of imidazole rings is 1. The predicted octanol–water partition coefficient (Wildman–Crippen LogP) is -0.551. The van der Waals surface area contributed by atoms with E-state index in [1.807, 2.05) is 0 Å². The Morgan fingerprint density at radius 3 is 2.83 bits per heavy atom. The van der Waals surface area contributed by atoms with Gasteiger partial charge in [-0.25, -0.2) is 15.0 Å². The number of hydrogen-bond donors (Lipinski definition) is 5. The lowest BCUT2D eigenvalue weighted by molar-refractivity contribution is -0.0121. The second kappa shape index (κ2) is 5.18. The van der Waals surface area contributed by atoms with Crippen molar-refractivity contribution in [2.24, 2.45) is 0 Å². The Labute approximate surface area is 134 Å². The minimum Gasteiger partial charge on any atom is -0.512 e. The first kappa shape index (κ1) is 14.4. The molecule has 0 bridgehead atoms. The molecule has 4 rings (SSSR count). The van der Waals surface area contributed by atoms with Crippen LogP contribution in [0.2, 0.25) is 0 Å². The zero-order chi connectivity index (χ0) is 16.8. The van der Waals surface area contributed by atoms with Gasteiger partial charge in [0, 0.05) is 6.20 Å². The van der Waals surface area contributed by atoms with Gasteiger partial charge >= 0.3 is 0 Å². The third-order valence-electron chi connectivity index (χ3n) is 3.77. The quantitative estimate of drug-likeness (QED) is 0.387. The Bertz CT molecular complexity index is 920. The van der Waals surface area contributed by atoms with E-state index in [0.717, 1.165) is 0 Å². The van der Waals surface area contributed by atoms with Crippen LogP contribution >= 0.6 is 0 Å². The molecule has 6 N–H and O–H groups in total. The number of nitrogens with two attached hydrogens (primary N) is 1. The summed E-state index contributed by atoms with van der Waals surface area (Å²) in [5.74, 6) is 0.328. The fourth-order valence-corrected chi connectivity index (χ4v) is 2.56. The number of aromatic nitrogens is 6. The number of aliphatic hydroxyl groups is 3. The molecule has 1 saturated heterocycles. The molecule has 11 nitrogen and oxygen atoms in total. The Balaban J connectivity index is 1.85. The van der Waals surface area contributed by atoms with E-state index in [2.05, 4.69) is 25.1 Å². The molecule has 1 aliphatic rings. The Kier molecular flexibility index (Phi) is 3.11. The van der Waals surface area contributed by atoms with E-state index in [-0.39, 0.29) is 11.6 Å². The zero-order valence-electron chi connectivity index (χ0n) is 12.1. The zero-order valence-corrected chi connectivity index (χ0v) is 12.1. The maximum Gasteiger partial charge on any atom is 0.207 e. The van der Waals surface area contributed by atoms with Crippen LogP contribution in [0.3, 0.4) is 0 Å². The fourth-order valence-electron chi connectivity index (χ4n) is 2.56. The van der Waals surface area contributed by atoms with Crippen molar-refractivity contribution in [3.05, 3.63) is 30.7 Å². The lowest BCUT2D eigenvalue weighted by Crippen LogP contribution is -2.27. The topological polar surface area (TPSA) is 168 Å². The second-order valence-corrected chi connectivity index (χ2v) is 5.22. The molecule has 3 aromatic heterocycles. The van der Waals surface area contributed by atoms with Crippen molar-refractivity contribution >= 4 is 17.0 Å². The monoisotopic (exact) mass is 331 g/mol. The number of ether oxygens (including phenoxy) is 1. The standard InChI is InChI=1S/C13H13N7O4/c14-10-7-12(19-11(18-10)5-1-16-17-2-5)20(4-15-7)13-9(23)8(22)6(3-21)24-13/h1-4,8-9,13,21-23H,(H,16,17)(H2,14,18,19)/b6-3+/t8-,9-,13?/m1/s1. The highest BCUT2D eigenvalue weighted by atomic mass is 16.6. The number of nitrogen functional groups attached to an aromatic ring is 1. The maximum atomic E-state index is 10.1. The maximum absolute atomic E-state index is 10.1. The van der Waals surface area contributed by atoms with Crippen molar-refractivity contribution in [2.75, 3.05) is 5.73 Å². The molecule has 0 aromatic carbocycles. The lowest BCUT2D eigenvalue weighted by atomic mass is 10.2.